The smallest absolute Gasteiger partial charge is 0.0597 e. The molecule has 1 aliphatic carbocycles. The lowest BCUT2D eigenvalue weighted by Gasteiger charge is -2.26. The van der Waals surface area contributed by atoms with Gasteiger partial charge in [-0.25, -0.2) is 0 Å². The molecule has 2 rings (SSSR count). The van der Waals surface area contributed by atoms with Gasteiger partial charge in [0.2, 0.25) is 0 Å². The van der Waals surface area contributed by atoms with Crippen molar-refractivity contribution in [1.29, 1.82) is 0 Å². The number of hydrogen-bond donors (Lipinski definition) is 1. The van der Waals surface area contributed by atoms with Gasteiger partial charge < -0.3 is 15.0 Å². The molecule has 100 valence electrons. The van der Waals surface area contributed by atoms with Crippen molar-refractivity contribution in [3.8, 4) is 0 Å². The third kappa shape index (κ3) is 5.84. The van der Waals surface area contributed by atoms with Crippen molar-refractivity contribution in [2.45, 2.75) is 57.6 Å². The molecule has 1 atom stereocenters. The van der Waals surface area contributed by atoms with Crippen LogP contribution in [0.1, 0.15) is 45.4 Å². The standard InChI is InChI=1S/C14H28N2O/c1-13(7-8-15-14-5-6-14)17-12-11-16-9-3-2-4-10-16/h13-15H,2-12H2,1H3. The molecular weight excluding hydrogens is 212 g/mol. The van der Waals surface area contributed by atoms with E-state index in [1.807, 2.05) is 0 Å². The Kier molecular flexibility index (Phi) is 5.75. The van der Waals surface area contributed by atoms with Gasteiger partial charge in [0.05, 0.1) is 12.7 Å². The minimum atomic E-state index is 0.408. The van der Waals surface area contributed by atoms with E-state index in [2.05, 4.69) is 17.1 Å². The number of rotatable bonds is 8. The summed E-state index contributed by atoms with van der Waals surface area (Å²) in [5, 5.41) is 3.54. The van der Waals surface area contributed by atoms with Gasteiger partial charge in [-0.05, 0) is 58.7 Å². The average molecular weight is 240 g/mol. The van der Waals surface area contributed by atoms with Crippen molar-refractivity contribution in [2.24, 2.45) is 0 Å². The van der Waals surface area contributed by atoms with Gasteiger partial charge >= 0.3 is 0 Å². The zero-order valence-electron chi connectivity index (χ0n) is 11.3. The number of likely N-dealkylation sites (tertiary alicyclic amines) is 1. The maximum absolute atomic E-state index is 5.87. The van der Waals surface area contributed by atoms with Gasteiger partial charge in [0.25, 0.3) is 0 Å². The second kappa shape index (κ2) is 7.34. The first-order chi connectivity index (χ1) is 8.34. The largest absolute Gasteiger partial charge is 0.377 e. The number of nitrogens with one attached hydrogen (secondary N) is 1. The quantitative estimate of drug-likeness (QED) is 0.702. The second-order valence-corrected chi connectivity index (χ2v) is 5.60. The summed E-state index contributed by atoms with van der Waals surface area (Å²) in [5.74, 6) is 0. The van der Waals surface area contributed by atoms with Gasteiger partial charge in [-0.1, -0.05) is 6.42 Å². The summed E-state index contributed by atoms with van der Waals surface area (Å²) >= 11 is 0. The fourth-order valence-electron chi connectivity index (χ4n) is 2.43. The zero-order chi connectivity index (χ0) is 11.9. The van der Waals surface area contributed by atoms with Crippen molar-refractivity contribution in [1.82, 2.24) is 10.2 Å². The molecule has 0 aromatic carbocycles. The Labute approximate surface area is 106 Å². The highest BCUT2D eigenvalue weighted by Gasteiger charge is 2.20. The maximum atomic E-state index is 5.87. The fourth-order valence-corrected chi connectivity index (χ4v) is 2.43. The van der Waals surface area contributed by atoms with Crippen molar-refractivity contribution >= 4 is 0 Å². The van der Waals surface area contributed by atoms with E-state index in [9.17, 15) is 0 Å². The molecule has 3 heteroatoms. The van der Waals surface area contributed by atoms with Gasteiger partial charge in [0, 0.05) is 12.6 Å². The lowest BCUT2D eigenvalue weighted by atomic mass is 10.1. The SMILES string of the molecule is CC(CCNC1CC1)OCCN1CCCCC1. The van der Waals surface area contributed by atoms with Crippen molar-refractivity contribution in [2.75, 3.05) is 32.8 Å². The first-order valence-corrected chi connectivity index (χ1v) is 7.42. The Morgan fingerprint density at radius 2 is 2.00 bits per heavy atom. The molecule has 1 unspecified atom stereocenters. The molecule has 0 aromatic rings. The highest BCUT2D eigenvalue weighted by Crippen LogP contribution is 2.18. The lowest BCUT2D eigenvalue weighted by molar-refractivity contribution is 0.0405. The van der Waals surface area contributed by atoms with E-state index in [1.165, 1.54) is 45.2 Å². The van der Waals surface area contributed by atoms with E-state index < -0.39 is 0 Å². The molecular formula is C14H28N2O. The highest BCUT2D eigenvalue weighted by molar-refractivity contribution is 4.80. The molecule has 1 N–H and O–H groups in total. The first-order valence-electron chi connectivity index (χ1n) is 7.42. The molecule has 0 amide bonds. The highest BCUT2D eigenvalue weighted by atomic mass is 16.5. The summed E-state index contributed by atoms with van der Waals surface area (Å²) < 4.78 is 5.87. The van der Waals surface area contributed by atoms with Crippen LogP contribution in [0.15, 0.2) is 0 Å². The van der Waals surface area contributed by atoms with Crippen LogP contribution in [0, 0.1) is 0 Å². The molecule has 1 aliphatic heterocycles. The molecule has 2 aliphatic rings. The topological polar surface area (TPSA) is 24.5 Å². The van der Waals surface area contributed by atoms with Crippen LogP contribution in [0.2, 0.25) is 0 Å². The Morgan fingerprint density at radius 3 is 2.71 bits per heavy atom. The second-order valence-electron chi connectivity index (χ2n) is 5.60. The number of nitrogens with zero attached hydrogens (tertiary/aromatic N) is 1. The summed E-state index contributed by atoms with van der Waals surface area (Å²) in [7, 11) is 0. The van der Waals surface area contributed by atoms with Crippen molar-refractivity contribution < 1.29 is 4.74 Å². The van der Waals surface area contributed by atoms with Crippen LogP contribution >= 0.6 is 0 Å². The minimum Gasteiger partial charge on any atom is -0.377 e. The molecule has 0 radical (unpaired) electrons. The van der Waals surface area contributed by atoms with Crippen LogP contribution < -0.4 is 5.32 Å². The normalized spacial score (nSPS) is 23.8. The third-order valence-corrected chi connectivity index (χ3v) is 3.82. The predicted molar refractivity (Wildman–Crippen MR) is 71.3 cm³/mol. The number of hydrogen-bond acceptors (Lipinski definition) is 3. The molecule has 0 bridgehead atoms. The number of ether oxygens (including phenoxy) is 1. The summed E-state index contributed by atoms with van der Waals surface area (Å²) in [6, 6.07) is 0.829. The van der Waals surface area contributed by atoms with Gasteiger partial charge in [0.1, 0.15) is 0 Å². The molecule has 17 heavy (non-hydrogen) atoms. The summed E-state index contributed by atoms with van der Waals surface area (Å²) in [6.07, 6.45) is 8.48. The lowest BCUT2D eigenvalue weighted by Crippen LogP contribution is -2.33. The van der Waals surface area contributed by atoms with E-state index in [0.29, 0.717) is 6.10 Å². The molecule has 1 heterocycles. The van der Waals surface area contributed by atoms with Crippen molar-refractivity contribution in [3.05, 3.63) is 0 Å². The summed E-state index contributed by atoms with van der Waals surface area (Å²) in [5.41, 5.74) is 0. The first kappa shape index (κ1) is 13.3. The van der Waals surface area contributed by atoms with Crippen molar-refractivity contribution in [3.63, 3.8) is 0 Å². The fraction of sp³-hybridized carbons (Fsp3) is 1.00. The molecule has 2 fully saturated rings. The Balaban J connectivity index is 1.42. The van der Waals surface area contributed by atoms with Gasteiger partial charge in [-0.3, -0.25) is 0 Å². The van der Waals surface area contributed by atoms with E-state index in [1.54, 1.807) is 0 Å². The molecule has 0 aromatic heterocycles. The monoisotopic (exact) mass is 240 g/mol. The molecule has 1 saturated carbocycles. The van der Waals surface area contributed by atoms with E-state index in [-0.39, 0.29) is 0 Å². The van der Waals surface area contributed by atoms with Crippen LogP contribution in [0.25, 0.3) is 0 Å². The minimum absolute atomic E-state index is 0.408. The van der Waals surface area contributed by atoms with Crippen LogP contribution in [-0.2, 0) is 4.74 Å². The molecule has 0 spiro atoms. The van der Waals surface area contributed by atoms with Crippen LogP contribution in [0.3, 0.4) is 0 Å². The van der Waals surface area contributed by atoms with Gasteiger partial charge in [-0.2, -0.15) is 0 Å². The van der Waals surface area contributed by atoms with Crippen LogP contribution in [0.4, 0.5) is 0 Å². The number of piperidine rings is 1. The summed E-state index contributed by atoms with van der Waals surface area (Å²) in [4.78, 5) is 2.54. The third-order valence-electron chi connectivity index (χ3n) is 3.82. The van der Waals surface area contributed by atoms with Gasteiger partial charge in [0.15, 0.2) is 0 Å². The Hall–Kier alpha value is -0.120. The zero-order valence-corrected chi connectivity index (χ0v) is 11.3. The molecule has 3 nitrogen and oxygen atoms in total. The van der Waals surface area contributed by atoms with E-state index in [0.717, 1.165) is 32.2 Å². The predicted octanol–water partition coefficient (Wildman–Crippen LogP) is 2.02. The van der Waals surface area contributed by atoms with E-state index >= 15 is 0 Å². The Morgan fingerprint density at radius 1 is 1.24 bits per heavy atom. The van der Waals surface area contributed by atoms with E-state index in [4.69, 9.17) is 4.74 Å². The van der Waals surface area contributed by atoms with Crippen LogP contribution in [0.5, 0.6) is 0 Å². The molecule has 1 saturated heterocycles. The average Bonchev–Trinajstić information content (AvgIpc) is 3.14. The summed E-state index contributed by atoms with van der Waals surface area (Å²) in [6.45, 7) is 7.91. The Bertz CT molecular complexity index is 200. The van der Waals surface area contributed by atoms with Gasteiger partial charge in [-0.15, -0.1) is 0 Å². The van der Waals surface area contributed by atoms with Crippen LogP contribution in [-0.4, -0.2) is 49.8 Å². The maximum Gasteiger partial charge on any atom is 0.0597 e.